The van der Waals surface area contributed by atoms with Gasteiger partial charge in [-0.2, -0.15) is 0 Å². The van der Waals surface area contributed by atoms with Crippen molar-refractivity contribution in [2.24, 2.45) is 0 Å². The number of imidazole rings is 1. The number of nitrogens with zero attached hydrogens (tertiary/aromatic N) is 1. The van der Waals surface area contributed by atoms with E-state index in [2.05, 4.69) is 15.3 Å². The Kier molecular flexibility index (Phi) is 2.19. The van der Waals surface area contributed by atoms with Gasteiger partial charge in [0.1, 0.15) is 0 Å². The number of benzene rings is 1. The van der Waals surface area contributed by atoms with Crippen LogP contribution in [0, 0.1) is 0 Å². The molecule has 13 heavy (non-hydrogen) atoms. The van der Waals surface area contributed by atoms with Gasteiger partial charge in [-0.25, -0.2) is 4.98 Å². The molecule has 1 aromatic carbocycles. The second-order valence-corrected chi connectivity index (χ2v) is 2.95. The van der Waals surface area contributed by atoms with Crippen molar-refractivity contribution in [1.29, 1.82) is 0 Å². The highest BCUT2D eigenvalue weighted by atomic mass is 35.5. The second-order valence-electron chi connectivity index (χ2n) is 2.54. The molecule has 0 atom stereocenters. The lowest BCUT2D eigenvalue weighted by atomic mass is 10.3. The van der Waals surface area contributed by atoms with Crippen molar-refractivity contribution in [1.82, 2.24) is 9.97 Å². The summed E-state index contributed by atoms with van der Waals surface area (Å²) in [5, 5.41) is 3.73. The first-order valence-corrected chi connectivity index (χ1v) is 4.25. The van der Waals surface area contributed by atoms with E-state index in [-0.39, 0.29) is 0 Å². The zero-order chi connectivity index (χ0) is 9.10. The number of aromatic amines is 1. The molecule has 2 aromatic rings. The van der Waals surface area contributed by atoms with Gasteiger partial charge < -0.3 is 10.3 Å². The fraction of sp³-hybridized carbons (Fsp3) is 0. The predicted molar refractivity (Wildman–Crippen MR) is 53.3 cm³/mol. The Morgan fingerprint density at radius 3 is 2.85 bits per heavy atom. The first-order valence-electron chi connectivity index (χ1n) is 3.87. The molecule has 2 rings (SSSR count). The number of nitrogens with one attached hydrogen (secondary N) is 2. The Hall–Kier alpha value is -1.48. The molecular weight excluding hydrogens is 186 g/mol. The quantitative estimate of drug-likeness (QED) is 0.770. The lowest BCUT2D eigenvalue weighted by Gasteiger charge is -2.03. The molecule has 0 saturated heterocycles. The average Bonchev–Trinajstić information content (AvgIpc) is 2.61. The minimum atomic E-state index is 0.680. The van der Waals surface area contributed by atoms with Crippen LogP contribution in [0.5, 0.6) is 0 Å². The van der Waals surface area contributed by atoms with Crippen molar-refractivity contribution in [3.8, 4) is 0 Å². The van der Waals surface area contributed by atoms with Crippen LogP contribution >= 0.6 is 11.6 Å². The minimum Gasteiger partial charge on any atom is -0.331 e. The molecule has 1 heterocycles. The van der Waals surface area contributed by atoms with Crippen molar-refractivity contribution in [2.45, 2.75) is 0 Å². The fourth-order valence-corrected chi connectivity index (χ4v) is 1.21. The summed E-state index contributed by atoms with van der Waals surface area (Å²) >= 11 is 5.94. The van der Waals surface area contributed by atoms with Crippen LogP contribution in [0.25, 0.3) is 0 Å². The monoisotopic (exact) mass is 193 g/mol. The van der Waals surface area contributed by atoms with Crippen molar-refractivity contribution < 1.29 is 0 Å². The lowest BCUT2D eigenvalue weighted by molar-refractivity contribution is 1.29. The van der Waals surface area contributed by atoms with Gasteiger partial charge in [0, 0.05) is 12.4 Å². The molecule has 0 radical (unpaired) electrons. The molecule has 0 spiro atoms. The van der Waals surface area contributed by atoms with E-state index in [9.17, 15) is 0 Å². The molecule has 0 aliphatic heterocycles. The molecule has 0 aliphatic carbocycles. The number of hydrogen-bond acceptors (Lipinski definition) is 2. The van der Waals surface area contributed by atoms with Gasteiger partial charge in [-0.3, -0.25) is 0 Å². The summed E-state index contributed by atoms with van der Waals surface area (Å²) in [6.07, 6.45) is 3.43. The molecule has 0 amide bonds. The molecule has 0 bridgehead atoms. The van der Waals surface area contributed by atoms with Crippen LogP contribution < -0.4 is 5.32 Å². The molecule has 0 fully saturated rings. The summed E-state index contributed by atoms with van der Waals surface area (Å²) in [5.41, 5.74) is 0.846. The Morgan fingerprint density at radius 2 is 2.15 bits per heavy atom. The highest BCUT2D eigenvalue weighted by Gasteiger charge is 1.99. The molecular formula is C9H8ClN3. The van der Waals surface area contributed by atoms with E-state index in [0.717, 1.165) is 5.69 Å². The van der Waals surface area contributed by atoms with E-state index in [4.69, 9.17) is 11.6 Å². The molecule has 66 valence electrons. The summed E-state index contributed by atoms with van der Waals surface area (Å²) in [5.74, 6) is 0.688. The van der Waals surface area contributed by atoms with Gasteiger partial charge in [0.15, 0.2) is 0 Å². The van der Waals surface area contributed by atoms with Gasteiger partial charge in [0.2, 0.25) is 5.95 Å². The topological polar surface area (TPSA) is 40.7 Å². The molecule has 2 N–H and O–H groups in total. The third-order valence-electron chi connectivity index (χ3n) is 1.63. The van der Waals surface area contributed by atoms with Crippen LogP contribution in [-0.4, -0.2) is 9.97 Å². The highest BCUT2D eigenvalue weighted by molar-refractivity contribution is 6.33. The summed E-state index contributed by atoms with van der Waals surface area (Å²) < 4.78 is 0. The molecule has 0 saturated carbocycles. The lowest BCUT2D eigenvalue weighted by Crippen LogP contribution is -1.92. The summed E-state index contributed by atoms with van der Waals surface area (Å²) in [6, 6.07) is 7.52. The van der Waals surface area contributed by atoms with Gasteiger partial charge in [-0.05, 0) is 12.1 Å². The van der Waals surface area contributed by atoms with Crippen molar-refractivity contribution >= 4 is 23.2 Å². The maximum absolute atomic E-state index is 5.94. The Labute approximate surface area is 80.8 Å². The number of rotatable bonds is 2. The van der Waals surface area contributed by atoms with Gasteiger partial charge in [-0.1, -0.05) is 23.7 Å². The van der Waals surface area contributed by atoms with Gasteiger partial charge in [0.05, 0.1) is 10.7 Å². The maximum Gasteiger partial charge on any atom is 0.204 e. The van der Waals surface area contributed by atoms with Crippen LogP contribution in [0.3, 0.4) is 0 Å². The van der Waals surface area contributed by atoms with E-state index in [1.807, 2.05) is 24.3 Å². The number of halogens is 1. The van der Waals surface area contributed by atoms with Crippen LogP contribution in [0.15, 0.2) is 36.7 Å². The maximum atomic E-state index is 5.94. The third kappa shape index (κ3) is 1.81. The summed E-state index contributed by atoms with van der Waals surface area (Å²) in [7, 11) is 0. The molecule has 0 aliphatic rings. The van der Waals surface area contributed by atoms with Crippen LogP contribution in [0.4, 0.5) is 11.6 Å². The number of hydrogen-bond donors (Lipinski definition) is 2. The highest BCUT2D eigenvalue weighted by Crippen LogP contribution is 2.22. The molecule has 3 nitrogen and oxygen atoms in total. The number of para-hydroxylation sites is 1. The van der Waals surface area contributed by atoms with E-state index in [1.165, 1.54) is 0 Å². The third-order valence-corrected chi connectivity index (χ3v) is 1.95. The predicted octanol–water partition coefficient (Wildman–Crippen LogP) is 2.81. The summed E-state index contributed by atoms with van der Waals surface area (Å²) in [6.45, 7) is 0. The first kappa shape index (κ1) is 8.13. The molecule has 0 unspecified atom stereocenters. The van der Waals surface area contributed by atoms with Crippen LogP contribution in [0.2, 0.25) is 5.02 Å². The van der Waals surface area contributed by atoms with E-state index in [0.29, 0.717) is 11.0 Å². The van der Waals surface area contributed by atoms with E-state index < -0.39 is 0 Å². The van der Waals surface area contributed by atoms with Crippen molar-refractivity contribution in [3.63, 3.8) is 0 Å². The van der Waals surface area contributed by atoms with Gasteiger partial charge in [-0.15, -0.1) is 0 Å². The molecule has 4 heteroatoms. The number of anilines is 2. The van der Waals surface area contributed by atoms with Crippen molar-refractivity contribution in [3.05, 3.63) is 41.7 Å². The summed E-state index contributed by atoms with van der Waals surface area (Å²) in [4.78, 5) is 6.96. The smallest absolute Gasteiger partial charge is 0.204 e. The standard InChI is InChI=1S/C9H8ClN3/c10-7-3-1-2-4-8(7)13-9-11-5-6-12-9/h1-6H,(H2,11,12,13). The zero-order valence-corrected chi connectivity index (χ0v) is 7.55. The Balaban J connectivity index is 2.24. The van der Waals surface area contributed by atoms with Gasteiger partial charge in [0.25, 0.3) is 0 Å². The second kappa shape index (κ2) is 3.49. The van der Waals surface area contributed by atoms with E-state index >= 15 is 0 Å². The van der Waals surface area contributed by atoms with Crippen LogP contribution in [-0.2, 0) is 0 Å². The average molecular weight is 194 g/mol. The normalized spacial score (nSPS) is 9.92. The van der Waals surface area contributed by atoms with E-state index in [1.54, 1.807) is 12.4 Å². The van der Waals surface area contributed by atoms with Crippen LogP contribution in [0.1, 0.15) is 0 Å². The minimum absolute atomic E-state index is 0.680. The Morgan fingerprint density at radius 1 is 1.31 bits per heavy atom. The number of H-pyrrole nitrogens is 1. The number of aromatic nitrogens is 2. The SMILES string of the molecule is Clc1ccccc1Nc1ncc[nH]1. The zero-order valence-electron chi connectivity index (χ0n) is 6.79. The van der Waals surface area contributed by atoms with Crippen molar-refractivity contribution in [2.75, 3.05) is 5.32 Å². The first-order chi connectivity index (χ1) is 6.36. The largest absolute Gasteiger partial charge is 0.331 e. The fourth-order valence-electron chi connectivity index (χ4n) is 1.02. The Bertz CT molecular complexity index is 384. The van der Waals surface area contributed by atoms with Gasteiger partial charge >= 0.3 is 0 Å². The molecule has 1 aromatic heterocycles.